The van der Waals surface area contributed by atoms with Gasteiger partial charge < -0.3 is 4.40 Å². The lowest BCUT2D eigenvalue weighted by Gasteiger charge is -2.01. The first-order valence-corrected chi connectivity index (χ1v) is 6.30. The summed E-state index contributed by atoms with van der Waals surface area (Å²) in [6, 6.07) is 10.9. The lowest BCUT2D eigenvalue weighted by Crippen LogP contribution is -1.92. The Morgan fingerprint density at radius 2 is 1.89 bits per heavy atom. The number of aryl methyl sites for hydroxylation is 2. The summed E-state index contributed by atoms with van der Waals surface area (Å²) in [5, 5.41) is 0. The van der Waals surface area contributed by atoms with Gasteiger partial charge in [0, 0.05) is 18.2 Å². The normalized spacial score (nSPS) is 12.8. The summed E-state index contributed by atoms with van der Waals surface area (Å²) >= 11 is 0. The summed E-state index contributed by atoms with van der Waals surface area (Å²) in [5.41, 5.74) is 8.83. The second kappa shape index (κ2) is 3.22. The second-order valence-corrected chi connectivity index (χ2v) is 5.18. The first-order chi connectivity index (χ1) is 8.72. The molecule has 3 aromatic rings. The Labute approximate surface area is 106 Å². The van der Waals surface area contributed by atoms with Crippen LogP contribution in [-0.4, -0.2) is 9.38 Å². The molecule has 2 aromatic heterocycles. The van der Waals surface area contributed by atoms with Crippen molar-refractivity contribution in [1.29, 1.82) is 0 Å². The molecule has 0 radical (unpaired) electrons. The molecule has 4 rings (SSSR count). The largest absolute Gasteiger partial charge is 0.303 e. The van der Waals surface area contributed by atoms with E-state index in [2.05, 4.69) is 54.8 Å². The van der Waals surface area contributed by atoms with Gasteiger partial charge in [0.1, 0.15) is 5.65 Å². The molecule has 0 atom stereocenters. The third kappa shape index (κ3) is 1.20. The number of fused-ring (bicyclic) bond motifs is 5. The van der Waals surface area contributed by atoms with Crippen LogP contribution in [0.1, 0.15) is 22.4 Å². The third-order valence-electron chi connectivity index (χ3n) is 3.74. The van der Waals surface area contributed by atoms with Crippen molar-refractivity contribution in [3.8, 4) is 11.3 Å². The van der Waals surface area contributed by atoms with Crippen LogP contribution in [-0.2, 0) is 6.42 Å². The van der Waals surface area contributed by atoms with Gasteiger partial charge in [0.25, 0.3) is 0 Å². The van der Waals surface area contributed by atoms with Crippen LogP contribution in [0.4, 0.5) is 0 Å². The van der Waals surface area contributed by atoms with Crippen molar-refractivity contribution in [3.05, 3.63) is 58.9 Å². The van der Waals surface area contributed by atoms with Gasteiger partial charge in [0.2, 0.25) is 0 Å². The average Bonchev–Trinajstić information content (AvgIpc) is 2.86. The molecule has 18 heavy (non-hydrogen) atoms. The smallest absolute Gasteiger partial charge is 0.137 e. The van der Waals surface area contributed by atoms with Crippen LogP contribution in [0.25, 0.3) is 16.9 Å². The van der Waals surface area contributed by atoms with Crippen molar-refractivity contribution in [1.82, 2.24) is 9.38 Å². The number of nitrogens with zero attached hydrogens (tertiary/aromatic N) is 2. The molecule has 2 nitrogen and oxygen atoms in total. The predicted octanol–water partition coefficient (Wildman–Crippen LogP) is 3.52. The van der Waals surface area contributed by atoms with Gasteiger partial charge in [0.15, 0.2) is 0 Å². The molecule has 0 saturated heterocycles. The van der Waals surface area contributed by atoms with E-state index < -0.39 is 0 Å². The van der Waals surface area contributed by atoms with E-state index in [-0.39, 0.29) is 0 Å². The summed E-state index contributed by atoms with van der Waals surface area (Å²) in [6.45, 7) is 4.26. The van der Waals surface area contributed by atoms with Gasteiger partial charge in [0.05, 0.1) is 11.4 Å². The first kappa shape index (κ1) is 9.89. The molecule has 0 bridgehead atoms. The van der Waals surface area contributed by atoms with E-state index in [0.717, 1.165) is 12.1 Å². The Hall–Kier alpha value is -2.09. The van der Waals surface area contributed by atoms with Crippen molar-refractivity contribution in [2.24, 2.45) is 0 Å². The number of hydrogen-bond donors (Lipinski definition) is 0. The zero-order valence-electron chi connectivity index (χ0n) is 10.6. The summed E-state index contributed by atoms with van der Waals surface area (Å²) in [4.78, 5) is 4.78. The molecule has 0 fully saturated rings. The van der Waals surface area contributed by atoms with E-state index in [1.54, 1.807) is 0 Å². The Bertz CT molecular complexity index is 781. The van der Waals surface area contributed by atoms with Gasteiger partial charge in [-0.15, -0.1) is 0 Å². The molecule has 0 unspecified atom stereocenters. The molecule has 2 heteroatoms. The Kier molecular flexibility index (Phi) is 1.77. The summed E-state index contributed by atoms with van der Waals surface area (Å²) < 4.78 is 2.24. The maximum Gasteiger partial charge on any atom is 0.137 e. The fraction of sp³-hybridized carbons (Fsp3) is 0.188. The van der Waals surface area contributed by atoms with Crippen molar-refractivity contribution < 1.29 is 0 Å². The van der Waals surface area contributed by atoms with Crippen LogP contribution in [0.3, 0.4) is 0 Å². The van der Waals surface area contributed by atoms with Crippen molar-refractivity contribution in [2.75, 3.05) is 0 Å². The monoisotopic (exact) mass is 234 g/mol. The van der Waals surface area contributed by atoms with E-state index in [1.807, 2.05) is 0 Å². The minimum absolute atomic E-state index is 0.996. The average molecular weight is 234 g/mol. The number of benzene rings is 1. The Balaban J connectivity index is 2.06. The highest BCUT2D eigenvalue weighted by molar-refractivity contribution is 5.76. The SMILES string of the molecule is Cc1ccc2c(c1)-c1nc3ccc(C)cn3c1C2. The van der Waals surface area contributed by atoms with Gasteiger partial charge in [-0.3, -0.25) is 0 Å². The molecular formula is C16H14N2. The Morgan fingerprint density at radius 3 is 2.78 bits per heavy atom. The first-order valence-electron chi connectivity index (χ1n) is 6.30. The predicted molar refractivity (Wildman–Crippen MR) is 72.9 cm³/mol. The maximum absolute atomic E-state index is 4.78. The van der Waals surface area contributed by atoms with Gasteiger partial charge in [-0.25, -0.2) is 4.98 Å². The lowest BCUT2D eigenvalue weighted by atomic mass is 10.1. The van der Waals surface area contributed by atoms with Crippen LogP contribution >= 0.6 is 0 Å². The van der Waals surface area contributed by atoms with Crippen LogP contribution in [0.15, 0.2) is 36.5 Å². The van der Waals surface area contributed by atoms with E-state index in [0.29, 0.717) is 0 Å². The molecule has 0 aliphatic heterocycles. The molecule has 0 saturated carbocycles. The summed E-state index contributed by atoms with van der Waals surface area (Å²) in [7, 11) is 0. The fourth-order valence-corrected chi connectivity index (χ4v) is 2.83. The standard InChI is InChI=1S/C16H14N2/c1-10-3-5-12-8-14-16(13(12)7-10)17-15-6-4-11(2)9-18(14)15/h3-7,9H,8H2,1-2H3. The van der Waals surface area contributed by atoms with E-state index >= 15 is 0 Å². The molecule has 1 aliphatic rings. The van der Waals surface area contributed by atoms with Gasteiger partial charge >= 0.3 is 0 Å². The molecule has 88 valence electrons. The lowest BCUT2D eigenvalue weighted by molar-refractivity contribution is 1.04. The molecule has 0 spiro atoms. The number of aromatic nitrogens is 2. The molecular weight excluding hydrogens is 220 g/mol. The van der Waals surface area contributed by atoms with Gasteiger partial charge in [-0.05, 0) is 37.1 Å². The van der Waals surface area contributed by atoms with Gasteiger partial charge in [-0.2, -0.15) is 0 Å². The third-order valence-corrected chi connectivity index (χ3v) is 3.74. The van der Waals surface area contributed by atoms with E-state index in [1.165, 1.54) is 33.6 Å². The van der Waals surface area contributed by atoms with E-state index in [4.69, 9.17) is 4.98 Å². The highest BCUT2D eigenvalue weighted by Crippen LogP contribution is 2.36. The van der Waals surface area contributed by atoms with Crippen LogP contribution in [0.2, 0.25) is 0 Å². The molecule has 1 aliphatic carbocycles. The minimum Gasteiger partial charge on any atom is -0.303 e. The van der Waals surface area contributed by atoms with Crippen LogP contribution in [0.5, 0.6) is 0 Å². The minimum atomic E-state index is 0.996. The topological polar surface area (TPSA) is 17.3 Å². The second-order valence-electron chi connectivity index (χ2n) is 5.18. The quantitative estimate of drug-likeness (QED) is 0.455. The summed E-state index contributed by atoms with van der Waals surface area (Å²) in [5.74, 6) is 0. The van der Waals surface area contributed by atoms with Crippen molar-refractivity contribution >= 4 is 5.65 Å². The number of hydrogen-bond acceptors (Lipinski definition) is 1. The highest BCUT2D eigenvalue weighted by Gasteiger charge is 2.23. The van der Waals surface area contributed by atoms with Gasteiger partial charge in [-0.1, -0.05) is 23.8 Å². The Morgan fingerprint density at radius 1 is 1.06 bits per heavy atom. The number of pyridine rings is 1. The fourth-order valence-electron chi connectivity index (χ4n) is 2.83. The molecule has 0 amide bonds. The maximum atomic E-state index is 4.78. The van der Waals surface area contributed by atoms with E-state index in [9.17, 15) is 0 Å². The van der Waals surface area contributed by atoms with Crippen LogP contribution < -0.4 is 0 Å². The summed E-state index contributed by atoms with van der Waals surface area (Å²) in [6.07, 6.45) is 3.18. The number of imidazole rings is 1. The molecule has 2 heterocycles. The van der Waals surface area contributed by atoms with Crippen molar-refractivity contribution in [3.63, 3.8) is 0 Å². The zero-order chi connectivity index (χ0) is 12.3. The molecule has 0 N–H and O–H groups in total. The number of rotatable bonds is 0. The highest BCUT2D eigenvalue weighted by atomic mass is 15.0. The van der Waals surface area contributed by atoms with Crippen molar-refractivity contribution in [2.45, 2.75) is 20.3 Å². The molecule has 1 aromatic carbocycles. The zero-order valence-corrected chi connectivity index (χ0v) is 10.6. The van der Waals surface area contributed by atoms with Crippen LogP contribution in [0, 0.1) is 13.8 Å².